The van der Waals surface area contributed by atoms with Crippen molar-refractivity contribution in [2.75, 3.05) is 26.2 Å². The summed E-state index contributed by atoms with van der Waals surface area (Å²) in [7, 11) is 0. The van der Waals surface area contributed by atoms with Gasteiger partial charge in [0.25, 0.3) is 0 Å². The number of nitrogens with zero attached hydrogens (tertiary/aromatic N) is 2. The number of carbonyl (C=O) groups is 3. The molecule has 1 aromatic carbocycles. The van der Waals surface area contributed by atoms with Gasteiger partial charge >= 0.3 is 5.97 Å². The first-order valence-corrected chi connectivity index (χ1v) is 7.39. The fourth-order valence-electron chi connectivity index (χ4n) is 2.93. The number of fused-ring (bicyclic) bond motifs is 1. The molecule has 6 nitrogen and oxygen atoms in total. The lowest BCUT2D eigenvalue weighted by Crippen LogP contribution is -2.50. The van der Waals surface area contributed by atoms with Gasteiger partial charge in [-0.1, -0.05) is 18.2 Å². The average molecular weight is 302 g/mol. The van der Waals surface area contributed by atoms with Crippen LogP contribution in [0, 0.1) is 0 Å². The Morgan fingerprint density at radius 3 is 2.45 bits per heavy atom. The molecule has 0 bridgehead atoms. The van der Waals surface area contributed by atoms with Crippen LogP contribution in [-0.4, -0.2) is 53.8 Å². The van der Waals surface area contributed by atoms with Gasteiger partial charge in [0, 0.05) is 38.7 Å². The van der Waals surface area contributed by atoms with Crippen LogP contribution in [0.15, 0.2) is 24.3 Å². The van der Waals surface area contributed by atoms with Crippen molar-refractivity contribution >= 4 is 17.8 Å². The van der Waals surface area contributed by atoms with E-state index in [1.165, 1.54) is 6.92 Å². The SMILES string of the molecule is CC(=O)N1CCN(C(=O)C[C@H]2OC(=O)c3ccccc32)CC1. The first-order valence-electron chi connectivity index (χ1n) is 7.39. The number of amides is 2. The molecule has 1 fully saturated rings. The summed E-state index contributed by atoms with van der Waals surface area (Å²) in [5.74, 6) is -0.377. The second-order valence-corrected chi connectivity index (χ2v) is 5.57. The van der Waals surface area contributed by atoms with Crippen molar-refractivity contribution in [1.82, 2.24) is 9.80 Å². The van der Waals surface area contributed by atoms with E-state index in [1.54, 1.807) is 21.9 Å². The minimum absolute atomic E-state index is 0.0331. The number of rotatable bonds is 2. The molecule has 116 valence electrons. The number of piperazine rings is 1. The van der Waals surface area contributed by atoms with Crippen molar-refractivity contribution in [3.63, 3.8) is 0 Å². The predicted octanol–water partition coefficient (Wildman–Crippen LogP) is 0.979. The molecule has 1 atom stereocenters. The Balaban J connectivity index is 1.62. The maximum absolute atomic E-state index is 12.4. The lowest BCUT2D eigenvalue weighted by Gasteiger charge is -2.34. The first-order chi connectivity index (χ1) is 10.6. The van der Waals surface area contributed by atoms with Gasteiger partial charge < -0.3 is 14.5 Å². The van der Waals surface area contributed by atoms with E-state index < -0.39 is 6.10 Å². The normalized spacial score (nSPS) is 20.6. The van der Waals surface area contributed by atoms with Crippen molar-refractivity contribution < 1.29 is 19.1 Å². The van der Waals surface area contributed by atoms with Gasteiger partial charge in [-0.15, -0.1) is 0 Å². The maximum atomic E-state index is 12.4. The highest BCUT2D eigenvalue weighted by atomic mass is 16.5. The second kappa shape index (κ2) is 5.79. The highest BCUT2D eigenvalue weighted by Gasteiger charge is 2.33. The van der Waals surface area contributed by atoms with Gasteiger partial charge in [-0.3, -0.25) is 9.59 Å². The van der Waals surface area contributed by atoms with Crippen molar-refractivity contribution in [1.29, 1.82) is 0 Å². The van der Waals surface area contributed by atoms with Gasteiger partial charge in [-0.05, 0) is 6.07 Å². The molecule has 2 amide bonds. The van der Waals surface area contributed by atoms with E-state index in [4.69, 9.17) is 4.74 Å². The summed E-state index contributed by atoms with van der Waals surface area (Å²) in [6.45, 7) is 3.71. The monoisotopic (exact) mass is 302 g/mol. The number of ether oxygens (including phenoxy) is 1. The smallest absolute Gasteiger partial charge is 0.339 e. The Kier molecular flexibility index (Phi) is 3.83. The molecule has 1 saturated heterocycles. The second-order valence-electron chi connectivity index (χ2n) is 5.57. The number of carbonyl (C=O) groups excluding carboxylic acids is 3. The third-order valence-corrected chi connectivity index (χ3v) is 4.21. The lowest BCUT2D eigenvalue weighted by molar-refractivity contribution is -0.139. The third-order valence-electron chi connectivity index (χ3n) is 4.21. The van der Waals surface area contributed by atoms with E-state index in [0.717, 1.165) is 5.56 Å². The van der Waals surface area contributed by atoms with Gasteiger partial charge in [-0.25, -0.2) is 4.79 Å². The van der Waals surface area contributed by atoms with Crippen molar-refractivity contribution in [2.45, 2.75) is 19.4 Å². The molecule has 0 saturated carbocycles. The summed E-state index contributed by atoms with van der Waals surface area (Å²) in [5, 5.41) is 0. The van der Waals surface area contributed by atoms with Crippen LogP contribution < -0.4 is 0 Å². The van der Waals surface area contributed by atoms with Crippen LogP contribution in [0.4, 0.5) is 0 Å². The van der Waals surface area contributed by atoms with E-state index in [9.17, 15) is 14.4 Å². The molecule has 0 aliphatic carbocycles. The highest BCUT2D eigenvalue weighted by Crippen LogP contribution is 2.33. The van der Waals surface area contributed by atoms with Crippen LogP contribution in [-0.2, 0) is 14.3 Å². The highest BCUT2D eigenvalue weighted by molar-refractivity contribution is 5.94. The zero-order chi connectivity index (χ0) is 15.7. The molecule has 0 N–H and O–H groups in total. The van der Waals surface area contributed by atoms with Gasteiger partial charge in [-0.2, -0.15) is 0 Å². The largest absolute Gasteiger partial charge is 0.453 e. The van der Waals surface area contributed by atoms with Crippen molar-refractivity contribution in [3.05, 3.63) is 35.4 Å². The quantitative estimate of drug-likeness (QED) is 0.764. The minimum atomic E-state index is -0.498. The zero-order valence-corrected chi connectivity index (χ0v) is 12.4. The summed E-state index contributed by atoms with van der Waals surface area (Å²) in [5.41, 5.74) is 1.32. The molecule has 0 unspecified atom stereocenters. The molecule has 1 aromatic rings. The standard InChI is InChI=1S/C16H18N2O4/c1-11(19)17-6-8-18(9-7-17)15(20)10-14-12-4-2-3-5-13(12)16(21)22-14/h2-5,14H,6-10H2,1H3/t14-/m1/s1. The van der Waals surface area contributed by atoms with Gasteiger partial charge in [0.05, 0.1) is 12.0 Å². The molecule has 22 heavy (non-hydrogen) atoms. The summed E-state index contributed by atoms with van der Waals surface area (Å²) >= 11 is 0. The topological polar surface area (TPSA) is 66.9 Å². The fourth-order valence-corrected chi connectivity index (χ4v) is 2.93. The molecule has 0 radical (unpaired) electrons. The molecule has 6 heteroatoms. The van der Waals surface area contributed by atoms with Crippen LogP contribution in [0.3, 0.4) is 0 Å². The van der Waals surface area contributed by atoms with Crippen LogP contribution >= 0.6 is 0 Å². The molecule has 0 spiro atoms. The Hall–Kier alpha value is -2.37. The van der Waals surface area contributed by atoms with E-state index >= 15 is 0 Å². The summed E-state index contributed by atoms with van der Waals surface area (Å²) in [6.07, 6.45) is -0.343. The minimum Gasteiger partial charge on any atom is -0.453 e. The van der Waals surface area contributed by atoms with Gasteiger partial charge in [0.1, 0.15) is 6.10 Å². The molecule has 2 heterocycles. The number of hydrogen-bond acceptors (Lipinski definition) is 4. The van der Waals surface area contributed by atoms with E-state index in [0.29, 0.717) is 31.7 Å². The van der Waals surface area contributed by atoms with Crippen LogP contribution in [0.2, 0.25) is 0 Å². The molecular formula is C16H18N2O4. The summed E-state index contributed by atoms with van der Waals surface area (Å²) < 4.78 is 5.30. The van der Waals surface area contributed by atoms with Crippen molar-refractivity contribution in [3.8, 4) is 0 Å². The van der Waals surface area contributed by atoms with E-state index in [2.05, 4.69) is 0 Å². The predicted molar refractivity (Wildman–Crippen MR) is 78.0 cm³/mol. The third kappa shape index (κ3) is 2.68. The fraction of sp³-hybridized carbons (Fsp3) is 0.438. The molecule has 3 rings (SSSR count). The Labute approximate surface area is 128 Å². The summed E-state index contributed by atoms with van der Waals surface area (Å²) in [6, 6.07) is 7.16. The van der Waals surface area contributed by atoms with Crippen molar-refractivity contribution in [2.24, 2.45) is 0 Å². The Bertz CT molecular complexity index is 620. The van der Waals surface area contributed by atoms with Gasteiger partial charge in [0.2, 0.25) is 11.8 Å². The Morgan fingerprint density at radius 2 is 1.77 bits per heavy atom. The number of esters is 1. The molecule has 2 aliphatic heterocycles. The van der Waals surface area contributed by atoms with Crippen LogP contribution in [0.1, 0.15) is 35.4 Å². The summed E-state index contributed by atoms with van der Waals surface area (Å²) in [4.78, 5) is 38.9. The lowest BCUT2D eigenvalue weighted by atomic mass is 10.0. The molecule has 2 aliphatic rings. The first kappa shape index (κ1) is 14.6. The number of hydrogen-bond donors (Lipinski definition) is 0. The van der Waals surface area contributed by atoms with E-state index in [-0.39, 0.29) is 24.2 Å². The van der Waals surface area contributed by atoms with Crippen LogP contribution in [0.25, 0.3) is 0 Å². The maximum Gasteiger partial charge on any atom is 0.339 e. The Morgan fingerprint density at radius 1 is 1.14 bits per heavy atom. The molecular weight excluding hydrogens is 284 g/mol. The number of cyclic esters (lactones) is 1. The zero-order valence-electron chi connectivity index (χ0n) is 12.4. The average Bonchev–Trinajstić information content (AvgIpc) is 2.84. The number of benzene rings is 1. The van der Waals surface area contributed by atoms with Crippen LogP contribution in [0.5, 0.6) is 0 Å². The molecule has 0 aromatic heterocycles. The van der Waals surface area contributed by atoms with Gasteiger partial charge in [0.15, 0.2) is 0 Å². The van der Waals surface area contributed by atoms with E-state index in [1.807, 2.05) is 12.1 Å².